The number of ether oxygens (including phenoxy) is 1. The minimum atomic E-state index is -0.321. The Bertz CT molecular complexity index is 416. The highest BCUT2D eigenvalue weighted by molar-refractivity contribution is 5.87. The summed E-state index contributed by atoms with van der Waals surface area (Å²) in [5.74, 6) is -0.321. The van der Waals surface area contributed by atoms with Crippen LogP contribution in [-0.2, 0) is 9.53 Å². The van der Waals surface area contributed by atoms with Crippen molar-refractivity contribution >= 4 is 12.0 Å². The second kappa shape index (κ2) is 4.97. The molecule has 0 N–H and O–H groups in total. The van der Waals surface area contributed by atoms with Gasteiger partial charge in [-0.25, -0.2) is 4.79 Å². The number of benzene rings is 1. The topological polar surface area (TPSA) is 26.3 Å². The van der Waals surface area contributed by atoms with Gasteiger partial charge in [0.05, 0.1) is 7.11 Å². The van der Waals surface area contributed by atoms with E-state index in [0.717, 1.165) is 5.56 Å². The highest BCUT2D eigenvalue weighted by Gasteiger charge is 2.06. The summed E-state index contributed by atoms with van der Waals surface area (Å²) >= 11 is 0. The standard InChI is InChI=1S/C14H18O2/c1-9-8-10(2)12(4)13(11(9)3)6-7-14(15)16-5/h6-8H,1-5H3/b7-6+. The number of methoxy groups -OCH3 is 1. The largest absolute Gasteiger partial charge is 0.466 e. The summed E-state index contributed by atoms with van der Waals surface area (Å²) in [7, 11) is 1.38. The van der Waals surface area contributed by atoms with Crippen molar-refractivity contribution in [3.05, 3.63) is 40.0 Å². The Kier molecular flexibility index (Phi) is 3.88. The lowest BCUT2D eigenvalue weighted by atomic mass is 9.94. The smallest absolute Gasteiger partial charge is 0.330 e. The zero-order valence-corrected chi connectivity index (χ0v) is 10.5. The van der Waals surface area contributed by atoms with Crippen LogP contribution in [0.25, 0.3) is 6.08 Å². The van der Waals surface area contributed by atoms with Crippen molar-refractivity contribution in [2.75, 3.05) is 7.11 Å². The van der Waals surface area contributed by atoms with Gasteiger partial charge in [-0.15, -0.1) is 0 Å². The van der Waals surface area contributed by atoms with Gasteiger partial charge in [0.15, 0.2) is 0 Å². The van der Waals surface area contributed by atoms with Crippen LogP contribution in [0.1, 0.15) is 27.8 Å². The fourth-order valence-corrected chi connectivity index (χ4v) is 1.72. The van der Waals surface area contributed by atoms with Crippen LogP contribution in [0.2, 0.25) is 0 Å². The number of rotatable bonds is 2. The molecule has 1 aromatic rings. The SMILES string of the molecule is COC(=O)/C=C/c1c(C)c(C)cc(C)c1C. The number of carbonyl (C=O) groups excluding carboxylic acids is 1. The van der Waals surface area contributed by atoms with Gasteiger partial charge in [-0.3, -0.25) is 0 Å². The molecule has 0 saturated carbocycles. The molecule has 0 bridgehead atoms. The maximum atomic E-state index is 11.1. The molecule has 0 unspecified atom stereocenters. The zero-order chi connectivity index (χ0) is 12.3. The fourth-order valence-electron chi connectivity index (χ4n) is 1.72. The van der Waals surface area contributed by atoms with Gasteiger partial charge >= 0.3 is 5.97 Å². The van der Waals surface area contributed by atoms with E-state index in [-0.39, 0.29) is 5.97 Å². The summed E-state index contributed by atoms with van der Waals surface area (Å²) in [6.07, 6.45) is 3.30. The molecule has 0 aliphatic heterocycles. The molecule has 0 radical (unpaired) electrons. The van der Waals surface area contributed by atoms with Crippen molar-refractivity contribution in [2.45, 2.75) is 27.7 Å². The molecule has 0 aliphatic carbocycles. The first-order valence-corrected chi connectivity index (χ1v) is 5.30. The van der Waals surface area contributed by atoms with E-state index in [0.29, 0.717) is 0 Å². The molecule has 1 rings (SSSR count). The van der Waals surface area contributed by atoms with Crippen LogP contribution in [0.3, 0.4) is 0 Å². The van der Waals surface area contributed by atoms with Crippen LogP contribution < -0.4 is 0 Å². The second-order valence-corrected chi connectivity index (χ2v) is 4.03. The van der Waals surface area contributed by atoms with Gasteiger partial charge in [0.2, 0.25) is 0 Å². The molecule has 0 aromatic heterocycles. The van der Waals surface area contributed by atoms with Crippen LogP contribution in [0.4, 0.5) is 0 Å². The summed E-state index contributed by atoms with van der Waals surface area (Å²) in [5.41, 5.74) is 6.02. The van der Waals surface area contributed by atoms with Gasteiger partial charge in [0.25, 0.3) is 0 Å². The Hall–Kier alpha value is -1.57. The minimum absolute atomic E-state index is 0.321. The number of carbonyl (C=O) groups is 1. The predicted molar refractivity (Wildman–Crippen MR) is 66.4 cm³/mol. The van der Waals surface area contributed by atoms with E-state index in [1.807, 2.05) is 6.08 Å². The van der Waals surface area contributed by atoms with Crippen molar-refractivity contribution in [3.63, 3.8) is 0 Å². The van der Waals surface area contributed by atoms with Crippen LogP contribution in [-0.4, -0.2) is 13.1 Å². The summed E-state index contributed by atoms with van der Waals surface area (Å²) in [6, 6.07) is 2.17. The first-order chi connectivity index (χ1) is 7.47. The lowest BCUT2D eigenvalue weighted by molar-refractivity contribution is -0.134. The first-order valence-electron chi connectivity index (χ1n) is 5.30. The van der Waals surface area contributed by atoms with E-state index in [2.05, 4.69) is 38.5 Å². The summed E-state index contributed by atoms with van der Waals surface area (Å²) in [5, 5.41) is 0. The summed E-state index contributed by atoms with van der Waals surface area (Å²) in [4.78, 5) is 11.1. The molecule has 0 amide bonds. The molecule has 0 saturated heterocycles. The molecule has 0 spiro atoms. The van der Waals surface area contributed by atoms with E-state index in [1.165, 1.54) is 35.4 Å². The number of hydrogen-bond acceptors (Lipinski definition) is 2. The van der Waals surface area contributed by atoms with Crippen LogP contribution >= 0.6 is 0 Å². The highest BCUT2D eigenvalue weighted by atomic mass is 16.5. The molecule has 1 aromatic carbocycles. The van der Waals surface area contributed by atoms with Crippen molar-refractivity contribution in [1.82, 2.24) is 0 Å². The molecule has 16 heavy (non-hydrogen) atoms. The Balaban J connectivity index is 3.22. The summed E-state index contributed by atoms with van der Waals surface area (Å²) in [6.45, 7) is 8.30. The molecule has 2 nitrogen and oxygen atoms in total. The molecule has 2 heteroatoms. The average Bonchev–Trinajstić information content (AvgIpc) is 2.26. The Labute approximate surface area is 96.9 Å². The van der Waals surface area contributed by atoms with Gasteiger partial charge in [0.1, 0.15) is 0 Å². The van der Waals surface area contributed by atoms with Gasteiger partial charge in [-0.05, 0) is 61.6 Å². The van der Waals surface area contributed by atoms with Gasteiger partial charge in [-0.1, -0.05) is 6.07 Å². The maximum absolute atomic E-state index is 11.1. The first kappa shape index (κ1) is 12.5. The highest BCUT2D eigenvalue weighted by Crippen LogP contribution is 2.22. The third-order valence-electron chi connectivity index (χ3n) is 3.01. The van der Waals surface area contributed by atoms with Crippen molar-refractivity contribution in [3.8, 4) is 0 Å². The van der Waals surface area contributed by atoms with Gasteiger partial charge < -0.3 is 4.74 Å². The van der Waals surface area contributed by atoms with E-state index in [9.17, 15) is 4.79 Å². The number of esters is 1. The van der Waals surface area contributed by atoms with Crippen LogP contribution in [0, 0.1) is 27.7 Å². The average molecular weight is 218 g/mol. The van der Waals surface area contributed by atoms with Gasteiger partial charge in [-0.2, -0.15) is 0 Å². The van der Waals surface area contributed by atoms with Gasteiger partial charge in [0, 0.05) is 6.08 Å². The third kappa shape index (κ3) is 2.51. The van der Waals surface area contributed by atoms with Crippen molar-refractivity contribution < 1.29 is 9.53 Å². The molecule has 0 heterocycles. The molecule has 86 valence electrons. The lowest BCUT2D eigenvalue weighted by Gasteiger charge is -2.11. The summed E-state index contributed by atoms with van der Waals surface area (Å²) < 4.78 is 4.59. The number of hydrogen-bond donors (Lipinski definition) is 0. The molecule has 0 aliphatic rings. The zero-order valence-electron chi connectivity index (χ0n) is 10.5. The molecule has 0 atom stereocenters. The quantitative estimate of drug-likeness (QED) is 0.563. The fraction of sp³-hybridized carbons (Fsp3) is 0.357. The Morgan fingerprint density at radius 3 is 2.06 bits per heavy atom. The second-order valence-electron chi connectivity index (χ2n) is 4.03. The molecule has 0 fully saturated rings. The van der Waals surface area contributed by atoms with Crippen molar-refractivity contribution in [1.29, 1.82) is 0 Å². The Morgan fingerprint density at radius 2 is 1.62 bits per heavy atom. The van der Waals surface area contributed by atoms with Crippen LogP contribution in [0.15, 0.2) is 12.1 Å². The Morgan fingerprint density at radius 1 is 1.12 bits per heavy atom. The van der Waals surface area contributed by atoms with E-state index < -0.39 is 0 Å². The molecular weight excluding hydrogens is 200 g/mol. The van der Waals surface area contributed by atoms with E-state index in [4.69, 9.17) is 0 Å². The van der Waals surface area contributed by atoms with E-state index >= 15 is 0 Å². The van der Waals surface area contributed by atoms with Crippen molar-refractivity contribution in [2.24, 2.45) is 0 Å². The number of aryl methyl sites for hydroxylation is 2. The normalized spacial score (nSPS) is 10.8. The lowest BCUT2D eigenvalue weighted by Crippen LogP contribution is -1.97. The predicted octanol–water partition coefficient (Wildman–Crippen LogP) is 3.11. The minimum Gasteiger partial charge on any atom is -0.466 e. The third-order valence-corrected chi connectivity index (χ3v) is 3.01. The maximum Gasteiger partial charge on any atom is 0.330 e. The van der Waals surface area contributed by atoms with E-state index in [1.54, 1.807) is 0 Å². The van der Waals surface area contributed by atoms with Crippen LogP contribution in [0.5, 0.6) is 0 Å². The molecular formula is C14H18O2. The monoisotopic (exact) mass is 218 g/mol.